The molecule has 1 aromatic heterocycles. The Balaban J connectivity index is 1.58. The molecule has 3 atom stereocenters. The van der Waals surface area contributed by atoms with E-state index in [2.05, 4.69) is 14.5 Å². The lowest BCUT2D eigenvalue weighted by molar-refractivity contribution is -0.141. The number of fused-ring (bicyclic) bond motifs is 1. The van der Waals surface area contributed by atoms with Crippen molar-refractivity contribution in [3.05, 3.63) is 53.1 Å². The molecule has 7 nitrogen and oxygen atoms in total. The minimum Gasteiger partial charge on any atom is -0.369 e. The van der Waals surface area contributed by atoms with Crippen LogP contribution in [0.2, 0.25) is 0 Å². The first-order valence-electron chi connectivity index (χ1n) is 9.73. The summed E-state index contributed by atoms with van der Waals surface area (Å²) < 4.78 is 2.08. The van der Waals surface area contributed by atoms with Crippen molar-refractivity contribution in [1.82, 2.24) is 19.4 Å². The van der Waals surface area contributed by atoms with Crippen molar-refractivity contribution in [3.8, 4) is 0 Å². The average Bonchev–Trinajstić information content (AvgIpc) is 3.17. The number of rotatable bonds is 4. The Labute approximate surface area is 165 Å². The van der Waals surface area contributed by atoms with E-state index in [1.165, 1.54) is 0 Å². The van der Waals surface area contributed by atoms with Crippen molar-refractivity contribution < 1.29 is 9.59 Å². The summed E-state index contributed by atoms with van der Waals surface area (Å²) in [4.78, 5) is 33.9. The Kier molecular flexibility index (Phi) is 4.71. The lowest BCUT2D eigenvalue weighted by Gasteiger charge is -2.40. The normalized spacial score (nSPS) is 25.2. The van der Waals surface area contributed by atoms with Crippen LogP contribution in [0.25, 0.3) is 0 Å². The van der Waals surface area contributed by atoms with E-state index >= 15 is 0 Å². The molecule has 0 aliphatic carbocycles. The van der Waals surface area contributed by atoms with Gasteiger partial charge in [0.05, 0.1) is 30.7 Å². The van der Waals surface area contributed by atoms with Crippen LogP contribution in [-0.2, 0) is 23.2 Å². The van der Waals surface area contributed by atoms with Crippen LogP contribution in [0.1, 0.15) is 35.2 Å². The first kappa shape index (κ1) is 18.7. The number of hydrogen-bond acceptors (Lipinski definition) is 4. The van der Waals surface area contributed by atoms with E-state index in [1.807, 2.05) is 56.1 Å². The molecule has 0 saturated carbocycles. The fourth-order valence-electron chi connectivity index (χ4n) is 4.68. The molecule has 28 heavy (non-hydrogen) atoms. The molecule has 7 heteroatoms. The van der Waals surface area contributed by atoms with Gasteiger partial charge in [-0.25, -0.2) is 4.98 Å². The number of nitrogens with zero attached hydrogens (tertiary/aromatic N) is 4. The molecule has 4 rings (SSSR count). The Morgan fingerprint density at radius 3 is 2.57 bits per heavy atom. The van der Waals surface area contributed by atoms with Crippen molar-refractivity contribution in [2.75, 3.05) is 13.1 Å². The van der Waals surface area contributed by atoms with Crippen LogP contribution in [0.3, 0.4) is 0 Å². The van der Waals surface area contributed by atoms with Crippen molar-refractivity contribution in [2.45, 2.75) is 38.9 Å². The third-order valence-corrected chi connectivity index (χ3v) is 6.30. The lowest BCUT2D eigenvalue weighted by Crippen LogP contribution is -2.54. The van der Waals surface area contributed by atoms with Crippen molar-refractivity contribution in [2.24, 2.45) is 18.7 Å². The molecule has 148 valence electrons. The third-order valence-electron chi connectivity index (χ3n) is 6.30. The molecule has 0 radical (unpaired) electrons. The number of nitrogens with two attached hydrogens (primary N) is 1. The molecule has 1 aromatic carbocycles. The maximum atomic E-state index is 13.1. The first-order chi connectivity index (χ1) is 13.4. The summed E-state index contributed by atoms with van der Waals surface area (Å²) in [6, 6.07) is 9.48. The number of piperazine rings is 1. The summed E-state index contributed by atoms with van der Waals surface area (Å²) in [7, 11) is 2.01. The number of imidazole rings is 1. The number of carbonyl (C=O) groups is 2. The van der Waals surface area contributed by atoms with Gasteiger partial charge in [0, 0.05) is 25.3 Å². The standard InChI is InChI=1S/C21H27N5O2/c1-13-14(2)24(3)18(23-13)11-25-10-16-9-17(21(22)28)20(26(16)19(27)12-25)15-7-5-4-6-8-15/h4-8,16-17,20H,9-12H2,1-3H3,(H2,22,28)/t16-,17-,20-/m1/s1. The molecule has 2 aromatic rings. The fraction of sp³-hybridized carbons (Fsp3) is 0.476. The number of primary amides is 1. The Hall–Kier alpha value is -2.67. The molecular weight excluding hydrogens is 354 g/mol. The number of hydrogen-bond donors (Lipinski definition) is 1. The number of aromatic nitrogens is 2. The van der Waals surface area contributed by atoms with E-state index in [-0.39, 0.29) is 29.8 Å². The summed E-state index contributed by atoms with van der Waals surface area (Å²) in [5.74, 6) is 0.323. The SMILES string of the molecule is Cc1nc(CN2CC(=O)N3[C@H](C[C@@H](C(N)=O)[C@H]3c3ccccc3)C2)n(C)c1C. The predicted molar refractivity (Wildman–Crippen MR) is 105 cm³/mol. The Bertz CT molecular complexity index is 907. The zero-order valence-electron chi connectivity index (χ0n) is 16.6. The van der Waals surface area contributed by atoms with Crippen molar-refractivity contribution in [1.29, 1.82) is 0 Å². The van der Waals surface area contributed by atoms with Crippen LogP contribution in [-0.4, -0.2) is 50.3 Å². The van der Waals surface area contributed by atoms with Crippen LogP contribution in [0.15, 0.2) is 30.3 Å². The molecule has 2 saturated heterocycles. The zero-order valence-corrected chi connectivity index (χ0v) is 16.6. The minimum atomic E-state index is -0.353. The maximum Gasteiger partial charge on any atom is 0.237 e. The zero-order chi connectivity index (χ0) is 20.0. The third kappa shape index (κ3) is 3.09. The monoisotopic (exact) mass is 381 g/mol. The van der Waals surface area contributed by atoms with Crippen molar-refractivity contribution >= 4 is 11.8 Å². The van der Waals surface area contributed by atoms with E-state index in [9.17, 15) is 9.59 Å². The van der Waals surface area contributed by atoms with E-state index < -0.39 is 0 Å². The van der Waals surface area contributed by atoms with Gasteiger partial charge >= 0.3 is 0 Å². The van der Waals surface area contributed by atoms with Gasteiger partial charge < -0.3 is 15.2 Å². The van der Waals surface area contributed by atoms with E-state index in [4.69, 9.17) is 5.73 Å². The fourth-order valence-corrected chi connectivity index (χ4v) is 4.68. The summed E-state index contributed by atoms with van der Waals surface area (Å²) >= 11 is 0. The van der Waals surface area contributed by atoms with Crippen LogP contribution in [0, 0.1) is 19.8 Å². The van der Waals surface area contributed by atoms with Crippen LogP contribution >= 0.6 is 0 Å². The van der Waals surface area contributed by atoms with Crippen LogP contribution in [0.5, 0.6) is 0 Å². The highest BCUT2D eigenvalue weighted by molar-refractivity contribution is 5.84. The van der Waals surface area contributed by atoms with Gasteiger partial charge in [-0.2, -0.15) is 0 Å². The molecule has 0 bridgehead atoms. The second-order valence-corrected chi connectivity index (χ2v) is 7.98. The molecule has 2 N–H and O–H groups in total. The summed E-state index contributed by atoms with van der Waals surface area (Å²) in [6.45, 7) is 5.73. The van der Waals surface area contributed by atoms with E-state index in [0.29, 0.717) is 19.5 Å². The van der Waals surface area contributed by atoms with Gasteiger partial charge in [-0.1, -0.05) is 30.3 Å². The summed E-state index contributed by atoms with van der Waals surface area (Å²) in [5.41, 5.74) is 8.85. The van der Waals surface area contributed by atoms with Gasteiger partial charge in [0.25, 0.3) is 0 Å². The Morgan fingerprint density at radius 2 is 1.96 bits per heavy atom. The van der Waals surface area contributed by atoms with E-state index in [0.717, 1.165) is 29.3 Å². The molecule has 3 heterocycles. The largest absolute Gasteiger partial charge is 0.369 e. The van der Waals surface area contributed by atoms with Gasteiger partial charge in [0.2, 0.25) is 11.8 Å². The molecule has 0 spiro atoms. The minimum absolute atomic E-state index is 0.00795. The molecule has 2 aliphatic rings. The summed E-state index contributed by atoms with van der Waals surface area (Å²) in [6.07, 6.45) is 0.607. The van der Waals surface area contributed by atoms with Gasteiger partial charge in [0.15, 0.2) is 0 Å². The molecule has 2 aliphatic heterocycles. The van der Waals surface area contributed by atoms with Gasteiger partial charge in [-0.15, -0.1) is 0 Å². The van der Waals surface area contributed by atoms with Crippen LogP contribution < -0.4 is 5.73 Å². The number of aryl methyl sites for hydroxylation is 1. The van der Waals surface area contributed by atoms with Gasteiger partial charge in [-0.3, -0.25) is 14.5 Å². The molecular formula is C21H27N5O2. The van der Waals surface area contributed by atoms with Gasteiger partial charge in [-0.05, 0) is 25.8 Å². The average molecular weight is 381 g/mol. The Morgan fingerprint density at radius 1 is 1.25 bits per heavy atom. The number of benzene rings is 1. The molecule has 0 unspecified atom stereocenters. The lowest BCUT2D eigenvalue weighted by atomic mass is 9.92. The predicted octanol–water partition coefficient (Wildman–Crippen LogP) is 1.30. The number of carbonyl (C=O) groups excluding carboxylic acids is 2. The quantitative estimate of drug-likeness (QED) is 0.865. The second-order valence-electron chi connectivity index (χ2n) is 7.98. The van der Waals surface area contributed by atoms with Crippen molar-refractivity contribution in [3.63, 3.8) is 0 Å². The molecule has 2 amide bonds. The molecule has 2 fully saturated rings. The highest BCUT2D eigenvalue weighted by Crippen LogP contribution is 2.42. The topological polar surface area (TPSA) is 84.5 Å². The smallest absolute Gasteiger partial charge is 0.237 e. The summed E-state index contributed by atoms with van der Waals surface area (Å²) in [5, 5.41) is 0. The van der Waals surface area contributed by atoms with Gasteiger partial charge in [0.1, 0.15) is 5.82 Å². The highest BCUT2D eigenvalue weighted by atomic mass is 16.2. The van der Waals surface area contributed by atoms with Crippen LogP contribution in [0.4, 0.5) is 0 Å². The highest BCUT2D eigenvalue weighted by Gasteiger charge is 2.49. The second kappa shape index (κ2) is 7.05. The maximum absolute atomic E-state index is 13.1. The van der Waals surface area contributed by atoms with E-state index in [1.54, 1.807) is 0 Å². The first-order valence-corrected chi connectivity index (χ1v) is 9.73. The number of amides is 2.